The van der Waals surface area contributed by atoms with Crippen LogP contribution in [0.25, 0.3) is 0 Å². The molecule has 0 bridgehead atoms. The Morgan fingerprint density at radius 1 is 1.29 bits per heavy atom. The summed E-state index contributed by atoms with van der Waals surface area (Å²) >= 11 is 6.31. The van der Waals surface area contributed by atoms with Crippen LogP contribution in [0.5, 0.6) is 0 Å². The molecule has 0 atom stereocenters. The largest absolute Gasteiger partial charge is 0.356 e. The van der Waals surface area contributed by atoms with Gasteiger partial charge in [0.15, 0.2) is 5.96 Å². The molecule has 132 valence electrons. The summed E-state index contributed by atoms with van der Waals surface area (Å²) < 4.78 is 1.73. The summed E-state index contributed by atoms with van der Waals surface area (Å²) in [6.07, 6.45) is 1.54. The normalized spacial score (nSPS) is 11.8. The van der Waals surface area contributed by atoms with Crippen LogP contribution in [0.4, 0.5) is 0 Å². The number of guanidine groups is 1. The van der Waals surface area contributed by atoms with E-state index in [-0.39, 0.29) is 29.4 Å². The molecule has 2 N–H and O–H groups in total. The van der Waals surface area contributed by atoms with E-state index in [1.165, 1.54) is 6.33 Å². The minimum Gasteiger partial charge on any atom is -0.356 e. The number of aromatic nitrogens is 3. The second-order valence-electron chi connectivity index (χ2n) is 5.94. The number of nitrogens with one attached hydrogen (secondary N) is 2. The number of hydrogen-bond donors (Lipinski definition) is 2. The van der Waals surface area contributed by atoms with Crippen LogP contribution in [0.15, 0.2) is 35.6 Å². The topological polar surface area (TPSA) is 67.1 Å². The molecule has 0 aliphatic carbocycles. The monoisotopic (exact) mass is 462 g/mol. The van der Waals surface area contributed by atoms with Gasteiger partial charge < -0.3 is 10.6 Å². The highest BCUT2D eigenvalue weighted by atomic mass is 127. The predicted molar refractivity (Wildman–Crippen MR) is 109 cm³/mol. The Kier molecular flexibility index (Phi) is 7.95. The van der Waals surface area contributed by atoms with Crippen molar-refractivity contribution in [1.82, 2.24) is 25.4 Å². The van der Waals surface area contributed by atoms with Gasteiger partial charge in [-0.3, -0.25) is 9.67 Å². The third-order valence-electron chi connectivity index (χ3n) is 3.74. The van der Waals surface area contributed by atoms with Crippen molar-refractivity contribution in [1.29, 1.82) is 0 Å². The van der Waals surface area contributed by atoms with Crippen molar-refractivity contribution in [3.05, 3.63) is 47.0 Å². The van der Waals surface area contributed by atoms with E-state index >= 15 is 0 Å². The zero-order chi connectivity index (χ0) is 16.9. The molecule has 0 fully saturated rings. The van der Waals surface area contributed by atoms with Gasteiger partial charge in [0.25, 0.3) is 0 Å². The summed E-state index contributed by atoms with van der Waals surface area (Å²) in [6.45, 7) is 5.56. The van der Waals surface area contributed by atoms with Crippen LogP contribution in [0, 0.1) is 0 Å². The molecule has 8 heteroatoms. The SMILES string of the molecule is CN=C(NCc1ncnn1C)NCC(C)(C)c1ccccc1Cl.I. The summed E-state index contributed by atoms with van der Waals surface area (Å²) in [5.41, 5.74) is 0.985. The van der Waals surface area contributed by atoms with Gasteiger partial charge in [0, 0.05) is 31.1 Å². The van der Waals surface area contributed by atoms with Gasteiger partial charge >= 0.3 is 0 Å². The molecule has 0 saturated heterocycles. The van der Waals surface area contributed by atoms with Gasteiger partial charge in [0.2, 0.25) is 0 Å². The molecule has 2 aromatic rings. The van der Waals surface area contributed by atoms with Crippen LogP contribution in [-0.4, -0.2) is 34.3 Å². The lowest BCUT2D eigenvalue weighted by Gasteiger charge is -2.27. The highest BCUT2D eigenvalue weighted by Gasteiger charge is 2.23. The van der Waals surface area contributed by atoms with E-state index in [2.05, 4.69) is 45.6 Å². The van der Waals surface area contributed by atoms with Crippen molar-refractivity contribution in [2.24, 2.45) is 12.0 Å². The van der Waals surface area contributed by atoms with Gasteiger partial charge in [-0.15, -0.1) is 24.0 Å². The first-order valence-electron chi connectivity index (χ1n) is 7.46. The zero-order valence-electron chi connectivity index (χ0n) is 14.4. The minimum absolute atomic E-state index is 0. The molecule has 0 aliphatic heterocycles. The van der Waals surface area contributed by atoms with Crippen LogP contribution < -0.4 is 10.6 Å². The molecular weight excluding hydrogens is 439 g/mol. The summed E-state index contributed by atoms with van der Waals surface area (Å²) in [4.78, 5) is 8.42. The van der Waals surface area contributed by atoms with E-state index in [1.807, 2.05) is 25.2 Å². The van der Waals surface area contributed by atoms with Crippen LogP contribution in [-0.2, 0) is 19.0 Å². The lowest BCUT2D eigenvalue weighted by atomic mass is 9.84. The zero-order valence-corrected chi connectivity index (χ0v) is 17.5. The second-order valence-corrected chi connectivity index (χ2v) is 6.35. The first-order valence-corrected chi connectivity index (χ1v) is 7.84. The molecular formula is C16H24ClIN6. The van der Waals surface area contributed by atoms with Gasteiger partial charge in [-0.2, -0.15) is 5.10 Å². The molecule has 0 saturated carbocycles. The van der Waals surface area contributed by atoms with E-state index in [9.17, 15) is 0 Å². The molecule has 0 aliphatic rings. The Labute approximate surface area is 165 Å². The van der Waals surface area contributed by atoms with Gasteiger partial charge in [-0.05, 0) is 11.6 Å². The van der Waals surface area contributed by atoms with Crippen LogP contribution in [0.3, 0.4) is 0 Å². The van der Waals surface area contributed by atoms with E-state index in [1.54, 1.807) is 11.7 Å². The summed E-state index contributed by atoms with van der Waals surface area (Å²) in [5.74, 6) is 1.56. The Morgan fingerprint density at radius 3 is 2.58 bits per heavy atom. The highest BCUT2D eigenvalue weighted by Crippen LogP contribution is 2.28. The van der Waals surface area contributed by atoms with Crippen molar-refractivity contribution in [3.63, 3.8) is 0 Å². The summed E-state index contributed by atoms with van der Waals surface area (Å²) in [6, 6.07) is 7.92. The fourth-order valence-electron chi connectivity index (χ4n) is 2.27. The lowest BCUT2D eigenvalue weighted by molar-refractivity contribution is 0.508. The maximum atomic E-state index is 6.31. The van der Waals surface area contributed by atoms with E-state index < -0.39 is 0 Å². The molecule has 0 unspecified atom stereocenters. The number of hydrogen-bond acceptors (Lipinski definition) is 3. The molecule has 0 radical (unpaired) electrons. The number of nitrogens with zero attached hydrogens (tertiary/aromatic N) is 4. The highest BCUT2D eigenvalue weighted by molar-refractivity contribution is 14.0. The molecule has 1 aromatic heterocycles. The van der Waals surface area contributed by atoms with E-state index in [0.29, 0.717) is 19.0 Å². The van der Waals surface area contributed by atoms with Crippen LogP contribution in [0.2, 0.25) is 5.02 Å². The lowest BCUT2D eigenvalue weighted by Crippen LogP contribution is -2.43. The quantitative estimate of drug-likeness (QED) is 0.407. The number of rotatable bonds is 5. The Bertz CT molecular complexity index is 683. The Hall–Kier alpha value is -1.35. The smallest absolute Gasteiger partial charge is 0.191 e. The van der Waals surface area contributed by atoms with Gasteiger partial charge in [0.1, 0.15) is 12.2 Å². The number of halogens is 2. The second kappa shape index (κ2) is 9.22. The average Bonchev–Trinajstić information content (AvgIpc) is 2.93. The number of benzene rings is 1. The van der Waals surface area contributed by atoms with Crippen LogP contribution in [0.1, 0.15) is 25.2 Å². The molecule has 1 heterocycles. The van der Waals surface area contributed by atoms with Crippen molar-refractivity contribution < 1.29 is 0 Å². The summed E-state index contributed by atoms with van der Waals surface area (Å²) in [5, 5.41) is 11.4. The van der Waals surface area contributed by atoms with Crippen molar-refractivity contribution in [2.45, 2.75) is 25.8 Å². The summed E-state index contributed by atoms with van der Waals surface area (Å²) in [7, 11) is 3.61. The van der Waals surface area contributed by atoms with Crippen molar-refractivity contribution in [3.8, 4) is 0 Å². The Balaban J connectivity index is 0.00000288. The Morgan fingerprint density at radius 2 is 2.00 bits per heavy atom. The molecule has 0 amide bonds. The fraction of sp³-hybridized carbons (Fsp3) is 0.438. The number of aliphatic imine (C=N–C) groups is 1. The molecule has 6 nitrogen and oxygen atoms in total. The van der Waals surface area contributed by atoms with Crippen molar-refractivity contribution >= 4 is 41.5 Å². The first-order chi connectivity index (χ1) is 10.9. The maximum absolute atomic E-state index is 6.31. The number of aryl methyl sites for hydroxylation is 1. The van der Waals surface area contributed by atoms with Gasteiger partial charge in [-0.1, -0.05) is 43.6 Å². The van der Waals surface area contributed by atoms with Crippen LogP contribution >= 0.6 is 35.6 Å². The maximum Gasteiger partial charge on any atom is 0.191 e. The van der Waals surface area contributed by atoms with Gasteiger partial charge in [-0.25, -0.2) is 4.98 Å². The standard InChI is InChI=1S/C16H23ClN6.HI/c1-16(2,12-7-5-6-8-13(12)17)10-20-15(18-3)19-9-14-21-11-22-23(14)4;/h5-8,11H,9-10H2,1-4H3,(H2,18,19,20);1H. The van der Waals surface area contributed by atoms with E-state index in [0.717, 1.165) is 16.4 Å². The molecule has 24 heavy (non-hydrogen) atoms. The third kappa shape index (κ3) is 5.34. The van der Waals surface area contributed by atoms with Crippen molar-refractivity contribution in [2.75, 3.05) is 13.6 Å². The average molecular weight is 463 g/mol. The third-order valence-corrected chi connectivity index (χ3v) is 4.07. The predicted octanol–water partition coefficient (Wildman–Crippen LogP) is 2.73. The molecule has 1 aromatic carbocycles. The molecule has 0 spiro atoms. The minimum atomic E-state index is -0.124. The van der Waals surface area contributed by atoms with Gasteiger partial charge in [0.05, 0.1) is 6.54 Å². The fourth-order valence-corrected chi connectivity index (χ4v) is 2.67. The van der Waals surface area contributed by atoms with E-state index in [4.69, 9.17) is 11.6 Å². The molecule has 2 rings (SSSR count). The first kappa shape index (κ1) is 20.7.